The van der Waals surface area contributed by atoms with Gasteiger partial charge in [0.05, 0.1) is 12.2 Å². The lowest BCUT2D eigenvalue weighted by molar-refractivity contribution is 0.101. The second-order valence-corrected chi connectivity index (χ2v) is 16.5. The predicted octanol–water partition coefficient (Wildman–Crippen LogP) is 5.44. The summed E-state index contributed by atoms with van der Waals surface area (Å²) in [6, 6.07) is 6.95. The summed E-state index contributed by atoms with van der Waals surface area (Å²) in [5.41, 5.74) is -1.45. The molecule has 316 valence electrons. The van der Waals surface area contributed by atoms with Crippen molar-refractivity contribution < 1.29 is 71.8 Å². The van der Waals surface area contributed by atoms with Gasteiger partial charge in [0.1, 0.15) is 21.4 Å². The zero-order valence-corrected chi connectivity index (χ0v) is 32.3. The van der Waals surface area contributed by atoms with E-state index < -0.39 is 105 Å². The Morgan fingerprint density at radius 2 is 1.09 bits per heavy atom. The molecule has 2 saturated heterocycles. The fourth-order valence-electron chi connectivity index (χ4n) is 5.04. The van der Waals surface area contributed by atoms with Gasteiger partial charge in [-0.1, -0.05) is 0 Å². The predicted molar refractivity (Wildman–Crippen MR) is 195 cm³/mol. The Morgan fingerprint density at radius 3 is 1.43 bits per heavy atom. The number of aliphatic hydroxyl groups is 2. The topological polar surface area (TPSA) is 182 Å². The second-order valence-electron chi connectivity index (χ2n) is 12.1. The average Bonchev–Trinajstić information content (AvgIpc) is 3.81. The smallest absolute Gasteiger partial charge is 0.264 e. The van der Waals surface area contributed by atoms with E-state index in [2.05, 4.69) is 10.6 Å². The summed E-state index contributed by atoms with van der Waals surface area (Å²) < 4.78 is 154. The molecule has 2 aliphatic heterocycles. The van der Waals surface area contributed by atoms with Crippen LogP contribution in [0.5, 0.6) is 0 Å². The van der Waals surface area contributed by atoms with E-state index >= 15 is 0 Å². The van der Waals surface area contributed by atoms with E-state index in [1.165, 1.54) is 0 Å². The molecule has 0 spiro atoms. The fraction of sp³-hybridized carbons (Fsp3) is 0.235. The number of carbonyl (C=O) groups excluding carboxylic acids is 2. The van der Waals surface area contributed by atoms with Crippen LogP contribution < -0.4 is 16.0 Å². The number of nitrogens with zero attached hydrogens (tertiary/aromatic N) is 1. The Labute approximate surface area is 335 Å². The summed E-state index contributed by atoms with van der Waals surface area (Å²) in [4.78, 5) is 22.5. The quantitative estimate of drug-likeness (QED) is 0.0918. The largest absolute Gasteiger partial charge is 0.392 e. The van der Waals surface area contributed by atoms with Crippen LogP contribution in [0.3, 0.4) is 0 Å². The van der Waals surface area contributed by atoms with Crippen molar-refractivity contribution in [3.05, 3.63) is 118 Å². The molecule has 2 atom stereocenters. The highest BCUT2D eigenvalue weighted by molar-refractivity contribution is 8.13. The first kappa shape index (κ1) is 48.0. The third-order valence-electron chi connectivity index (χ3n) is 7.91. The van der Waals surface area contributed by atoms with Gasteiger partial charge >= 0.3 is 0 Å². The van der Waals surface area contributed by atoms with Crippen LogP contribution in [-0.2, 0) is 19.1 Å². The van der Waals surface area contributed by atoms with Gasteiger partial charge in [0.2, 0.25) is 10.0 Å². The molecule has 0 aromatic heterocycles. The fourth-order valence-corrected chi connectivity index (χ4v) is 7.55. The molecular formula is C34H30Cl2F8N4O8S2. The summed E-state index contributed by atoms with van der Waals surface area (Å²) in [5.74, 6) is -13.8. The highest BCUT2D eigenvalue weighted by atomic mass is 35.7. The first-order valence-corrected chi connectivity index (χ1v) is 19.9. The van der Waals surface area contributed by atoms with E-state index in [1.807, 2.05) is 5.32 Å². The molecule has 2 unspecified atom stereocenters. The molecule has 0 saturated carbocycles. The van der Waals surface area contributed by atoms with Crippen LogP contribution in [0.25, 0.3) is 0 Å². The molecule has 2 aliphatic rings. The van der Waals surface area contributed by atoms with Gasteiger partial charge in [0.25, 0.3) is 20.9 Å². The number of hydrogen-bond acceptors (Lipinski definition) is 9. The van der Waals surface area contributed by atoms with E-state index in [0.29, 0.717) is 36.4 Å². The van der Waals surface area contributed by atoms with Crippen LogP contribution in [0, 0.1) is 46.5 Å². The number of sulfonamides is 1. The lowest BCUT2D eigenvalue weighted by Gasteiger charge is -2.17. The van der Waals surface area contributed by atoms with Gasteiger partial charge in [-0.05, 0) is 55.8 Å². The number of aliphatic hydroxyl groups excluding tert-OH is 2. The maximum Gasteiger partial charge on any atom is 0.264 e. The van der Waals surface area contributed by atoms with Crippen LogP contribution in [0.1, 0.15) is 33.6 Å². The standard InChI is InChI=1S/C17H14F4N2O4S.C13H6ClF4NO3S.C4H9NO.ClH/c18-12-2-1-9(5-15(12)28(26,27)23-4-3-11(24)8-23)17(25)22-10-6-13(19)16(21)14(20)7-10;14-23(21,22)11-3-6(1-2-8(11)15)13(20)19-7-4-9(16)12(18)10(17)5-7;6-4-1-2-5-3-4;/h1-2,5-7,11,24H,3-4,8H2,(H,22,25);1-5H,(H,19,20);4-6H,1-3H2;1H. The minimum absolute atomic E-state index is 0. The highest BCUT2D eigenvalue weighted by Crippen LogP contribution is 2.26. The van der Waals surface area contributed by atoms with Gasteiger partial charge in [-0.25, -0.2) is 52.0 Å². The van der Waals surface area contributed by atoms with Gasteiger partial charge in [-0.15, -0.1) is 12.4 Å². The van der Waals surface area contributed by atoms with Crippen LogP contribution in [-0.4, -0.2) is 81.6 Å². The van der Waals surface area contributed by atoms with Crippen molar-refractivity contribution in [3.8, 4) is 0 Å². The number of anilines is 2. The molecule has 0 radical (unpaired) electrons. The summed E-state index contributed by atoms with van der Waals surface area (Å²) in [6.45, 7) is 1.57. The van der Waals surface area contributed by atoms with Gasteiger partial charge in [0.15, 0.2) is 34.9 Å². The second kappa shape index (κ2) is 20.0. The average molecular weight is 910 g/mol. The summed E-state index contributed by atoms with van der Waals surface area (Å²) in [7, 11) is -3.72. The zero-order chi connectivity index (χ0) is 42.4. The molecule has 12 nitrogen and oxygen atoms in total. The first-order valence-electron chi connectivity index (χ1n) is 16.1. The first-order chi connectivity index (χ1) is 26.6. The van der Waals surface area contributed by atoms with Crippen LogP contribution in [0.4, 0.5) is 46.5 Å². The molecule has 24 heteroatoms. The van der Waals surface area contributed by atoms with Gasteiger partial charge in [-0.2, -0.15) is 4.31 Å². The van der Waals surface area contributed by atoms with E-state index in [9.17, 15) is 66.7 Å². The van der Waals surface area contributed by atoms with Crippen molar-refractivity contribution >= 4 is 65.4 Å². The molecule has 4 aromatic rings. The SMILES string of the molecule is Cl.O=C(Nc1cc(F)c(F)c(F)c1)c1ccc(F)c(S(=O)(=O)Cl)c1.O=C(Nc1cc(F)c(F)c(F)c1)c1ccc(F)c(S(=O)(=O)N2CCC(O)C2)c1.OC1CCNC1. The number of hydrogen-bond donors (Lipinski definition) is 5. The highest BCUT2D eigenvalue weighted by Gasteiger charge is 2.34. The van der Waals surface area contributed by atoms with Crippen molar-refractivity contribution in [3.63, 3.8) is 0 Å². The summed E-state index contributed by atoms with van der Waals surface area (Å²) in [6.07, 6.45) is 0.195. The third kappa shape index (κ3) is 12.3. The minimum Gasteiger partial charge on any atom is -0.392 e. The lowest BCUT2D eigenvalue weighted by atomic mass is 10.2. The van der Waals surface area contributed by atoms with Crippen LogP contribution in [0.15, 0.2) is 70.5 Å². The van der Waals surface area contributed by atoms with Gasteiger partial charge in [-0.3, -0.25) is 9.59 Å². The van der Waals surface area contributed by atoms with Crippen molar-refractivity contribution in [1.29, 1.82) is 0 Å². The molecule has 5 N–H and O–H groups in total. The Bertz CT molecular complexity index is 2350. The van der Waals surface area contributed by atoms with E-state index in [0.717, 1.165) is 48.1 Å². The molecule has 58 heavy (non-hydrogen) atoms. The van der Waals surface area contributed by atoms with Gasteiger partial charge < -0.3 is 26.2 Å². The van der Waals surface area contributed by atoms with E-state index in [4.69, 9.17) is 15.8 Å². The Balaban J connectivity index is 0.000000270. The number of halogens is 10. The molecule has 0 aliphatic carbocycles. The monoisotopic (exact) mass is 908 g/mol. The molecular weight excluding hydrogens is 879 g/mol. The maximum absolute atomic E-state index is 14.1. The number of nitrogens with one attached hydrogen (secondary N) is 3. The van der Waals surface area contributed by atoms with Crippen LogP contribution >= 0.6 is 23.1 Å². The molecule has 4 aromatic carbocycles. The Morgan fingerprint density at radius 1 is 0.655 bits per heavy atom. The third-order valence-corrected chi connectivity index (χ3v) is 11.1. The summed E-state index contributed by atoms with van der Waals surface area (Å²) in [5, 5.41) is 25.3. The van der Waals surface area contributed by atoms with E-state index in [-0.39, 0.29) is 49.1 Å². The van der Waals surface area contributed by atoms with Crippen LogP contribution in [0.2, 0.25) is 0 Å². The normalized spacial score (nSPS) is 16.6. The number of rotatable bonds is 7. The summed E-state index contributed by atoms with van der Waals surface area (Å²) >= 11 is 0. The van der Waals surface area contributed by atoms with E-state index in [1.54, 1.807) is 0 Å². The molecule has 2 heterocycles. The zero-order valence-electron chi connectivity index (χ0n) is 29.1. The van der Waals surface area contributed by atoms with Crippen molar-refractivity contribution in [1.82, 2.24) is 9.62 Å². The van der Waals surface area contributed by atoms with Crippen molar-refractivity contribution in [2.24, 2.45) is 0 Å². The number of β-amino-alcohol motifs (C(OH)–C–C–N with tert-alkyl or cyclic N) is 2. The Kier molecular flexibility index (Phi) is 16.6. The van der Waals surface area contributed by atoms with Crippen molar-refractivity contribution in [2.75, 3.05) is 36.8 Å². The molecule has 2 amide bonds. The Hall–Kier alpha value is -4.42. The molecule has 0 bridgehead atoms. The lowest BCUT2D eigenvalue weighted by Crippen LogP contribution is -2.30. The van der Waals surface area contributed by atoms with Gasteiger partial charge in [0, 0.05) is 77.1 Å². The number of benzene rings is 4. The van der Waals surface area contributed by atoms with Crippen molar-refractivity contribution in [2.45, 2.75) is 34.8 Å². The number of carbonyl (C=O) groups is 2. The number of amides is 2. The molecule has 2 fully saturated rings. The minimum atomic E-state index is -4.43. The molecule has 6 rings (SSSR count). The maximum atomic E-state index is 14.1.